The maximum atomic E-state index is 12.9. The van der Waals surface area contributed by atoms with Crippen molar-refractivity contribution >= 4 is 51.5 Å². The molecule has 0 unspecified atom stereocenters. The Morgan fingerprint density at radius 1 is 1.12 bits per heavy atom. The molecule has 4 rings (SSSR count). The normalized spacial score (nSPS) is 14.5. The van der Waals surface area contributed by atoms with E-state index in [0.29, 0.717) is 51.1 Å². The minimum absolute atomic E-state index is 0.0534. The molecule has 0 aliphatic carbocycles. The SMILES string of the molecule is Cc1nc(NC(=O)c2nnn(Cc3ccc(Cl)c(Cl)c3)c2C)sc1C(=O)N1CCN(C)CC1. The summed E-state index contributed by atoms with van der Waals surface area (Å²) in [6, 6.07) is 5.30. The van der Waals surface area contributed by atoms with Crippen LogP contribution in [0.2, 0.25) is 10.0 Å². The maximum absolute atomic E-state index is 12.9. The molecule has 12 heteroatoms. The largest absolute Gasteiger partial charge is 0.335 e. The standard InChI is InChI=1S/C21H23Cl2N7O2S/c1-12-18(20(32)29-8-6-28(3)7-9-29)33-21(24-12)25-19(31)17-13(2)30(27-26-17)11-14-4-5-15(22)16(23)10-14/h4-5,10H,6-9,11H2,1-3H3,(H,24,25,31). The zero-order chi connectivity index (χ0) is 23.7. The minimum atomic E-state index is -0.430. The lowest BCUT2D eigenvalue weighted by Crippen LogP contribution is -2.47. The van der Waals surface area contributed by atoms with Crippen molar-refractivity contribution < 1.29 is 9.59 Å². The van der Waals surface area contributed by atoms with E-state index in [1.807, 2.05) is 18.0 Å². The van der Waals surface area contributed by atoms with Gasteiger partial charge in [-0.3, -0.25) is 14.9 Å². The number of aryl methyl sites for hydroxylation is 1. The van der Waals surface area contributed by atoms with Crippen LogP contribution < -0.4 is 5.32 Å². The molecule has 1 aliphatic rings. The zero-order valence-electron chi connectivity index (χ0n) is 18.4. The number of carbonyl (C=O) groups is 2. The summed E-state index contributed by atoms with van der Waals surface area (Å²) in [6.45, 7) is 6.96. The van der Waals surface area contributed by atoms with Gasteiger partial charge in [-0.15, -0.1) is 5.10 Å². The van der Waals surface area contributed by atoms with Crippen LogP contribution in [0.5, 0.6) is 0 Å². The van der Waals surface area contributed by atoms with E-state index < -0.39 is 5.91 Å². The number of benzene rings is 1. The number of halogens is 2. The Hall–Kier alpha value is -2.53. The van der Waals surface area contributed by atoms with Crippen LogP contribution in [0.25, 0.3) is 0 Å². The third-order valence-electron chi connectivity index (χ3n) is 5.52. The van der Waals surface area contributed by atoms with E-state index in [1.54, 1.807) is 30.7 Å². The first-order chi connectivity index (χ1) is 15.7. The number of anilines is 1. The summed E-state index contributed by atoms with van der Waals surface area (Å²) >= 11 is 13.2. The fraction of sp³-hybridized carbons (Fsp3) is 0.381. The van der Waals surface area contributed by atoms with Crippen molar-refractivity contribution in [2.75, 3.05) is 38.5 Å². The van der Waals surface area contributed by atoms with Crippen molar-refractivity contribution in [2.24, 2.45) is 0 Å². The van der Waals surface area contributed by atoms with Crippen molar-refractivity contribution in [1.82, 2.24) is 29.8 Å². The van der Waals surface area contributed by atoms with Crippen molar-refractivity contribution in [1.29, 1.82) is 0 Å². The molecule has 174 valence electrons. The predicted molar refractivity (Wildman–Crippen MR) is 129 cm³/mol. The second-order valence-electron chi connectivity index (χ2n) is 7.91. The van der Waals surface area contributed by atoms with E-state index in [2.05, 4.69) is 25.5 Å². The van der Waals surface area contributed by atoms with Crippen molar-refractivity contribution in [3.8, 4) is 0 Å². The summed E-state index contributed by atoms with van der Waals surface area (Å²) in [6.07, 6.45) is 0. The second kappa shape index (κ2) is 9.76. The highest BCUT2D eigenvalue weighted by molar-refractivity contribution is 7.17. The molecular formula is C21H23Cl2N7O2S. The topological polar surface area (TPSA) is 96.2 Å². The van der Waals surface area contributed by atoms with Gasteiger partial charge in [0, 0.05) is 26.2 Å². The van der Waals surface area contributed by atoms with Gasteiger partial charge in [-0.2, -0.15) is 0 Å². The zero-order valence-corrected chi connectivity index (χ0v) is 20.8. The number of carbonyl (C=O) groups excluding carboxylic acids is 2. The molecule has 2 amide bonds. The number of nitrogens with one attached hydrogen (secondary N) is 1. The van der Waals surface area contributed by atoms with Crippen LogP contribution >= 0.6 is 34.5 Å². The smallest absolute Gasteiger partial charge is 0.279 e. The molecule has 1 saturated heterocycles. The monoisotopic (exact) mass is 507 g/mol. The Morgan fingerprint density at radius 2 is 1.85 bits per heavy atom. The molecule has 1 aliphatic heterocycles. The lowest BCUT2D eigenvalue weighted by atomic mass is 10.2. The average Bonchev–Trinajstić information content (AvgIpc) is 3.33. The van der Waals surface area contributed by atoms with Gasteiger partial charge >= 0.3 is 0 Å². The molecule has 0 radical (unpaired) electrons. The van der Waals surface area contributed by atoms with E-state index in [-0.39, 0.29) is 11.6 Å². The number of hydrogen-bond donors (Lipinski definition) is 1. The summed E-state index contributed by atoms with van der Waals surface area (Å²) in [5, 5.41) is 12.2. The van der Waals surface area contributed by atoms with Gasteiger partial charge in [0.1, 0.15) is 4.88 Å². The van der Waals surface area contributed by atoms with Crippen molar-refractivity contribution in [3.63, 3.8) is 0 Å². The number of amides is 2. The van der Waals surface area contributed by atoms with Crippen LogP contribution in [-0.4, -0.2) is 74.8 Å². The molecule has 3 aromatic rings. The molecule has 0 saturated carbocycles. The first-order valence-corrected chi connectivity index (χ1v) is 11.9. The number of likely N-dealkylation sites (N-methyl/N-ethyl adjacent to an activating group) is 1. The molecule has 0 bridgehead atoms. The Morgan fingerprint density at radius 3 is 2.55 bits per heavy atom. The summed E-state index contributed by atoms with van der Waals surface area (Å²) in [5.74, 6) is -0.484. The molecule has 1 aromatic carbocycles. The molecule has 3 heterocycles. The van der Waals surface area contributed by atoms with Crippen LogP contribution in [0.4, 0.5) is 5.13 Å². The molecule has 33 heavy (non-hydrogen) atoms. The van der Waals surface area contributed by atoms with Crippen LogP contribution in [0.3, 0.4) is 0 Å². The average molecular weight is 508 g/mol. The Kier molecular flexibility index (Phi) is 6.99. The molecule has 2 aromatic heterocycles. The highest BCUT2D eigenvalue weighted by atomic mass is 35.5. The van der Waals surface area contributed by atoms with Gasteiger partial charge in [0.2, 0.25) is 0 Å². The predicted octanol–water partition coefficient (Wildman–Crippen LogP) is 3.35. The van der Waals surface area contributed by atoms with Gasteiger partial charge in [0.25, 0.3) is 11.8 Å². The summed E-state index contributed by atoms with van der Waals surface area (Å²) < 4.78 is 1.61. The maximum Gasteiger partial charge on any atom is 0.279 e. The summed E-state index contributed by atoms with van der Waals surface area (Å²) in [5.41, 5.74) is 2.27. The van der Waals surface area contributed by atoms with Crippen LogP contribution in [-0.2, 0) is 6.54 Å². The molecule has 0 spiro atoms. The van der Waals surface area contributed by atoms with Gasteiger partial charge in [0.15, 0.2) is 10.8 Å². The third kappa shape index (κ3) is 5.19. The third-order valence-corrected chi connectivity index (χ3v) is 7.32. The first kappa shape index (κ1) is 23.6. The first-order valence-electron chi connectivity index (χ1n) is 10.3. The molecule has 1 N–H and O–H groups in total. The van der Waals surface area contributed by atoms with Gasteiger partial charge in [-0.05, 0) is 38.6 Å². The molecule has 1 fully saturated rings. The van der Waals surface area contributed by atoms with Crippen LogP contribution in [0.15, 0.2) is 18.2 Å². The van der Waals surface area contributed by atoms with E-state index in [0.717, 1.165) is 18.7 Å². The lowest BCUT2D eigenvalue weighted by Gasteiger charge is -2.32. The molecule has 9 nitrogen and oxygen atoms in total. The minimum Gasteiger partial charge on any atom is -0.335 e. The summed E-state index contributed by atoms with van der Waals surface area (Å²) in [4.78, 5) is 34.6. The fourth-order valence-corrected chi connectivity index (χ4v) is 4.74. The molecule has 0 atom stereocenters. The number of thiazole rings is 1. The van der Waals surface area contributed by atoms with E-state index in [9.17, 15) is 9.59 Å². The quantitative estimate of drug-likeness (QED) is 0.568. The molecular weight excluding hydrogens is 485 g/mol. The Bertz CT molecular complexity index is 1200. The van der Waals surface area contributed by atoms with Crippen molar-refractivity contribution in [2.45, 2.75) is 20.4 Å². The van der Waals surface area contributed by atoms with Gasteiger partial charge in [-0.1, -0.05) is 45.8 Å². The number of nitrogens with zero attached hydrogens (tertiary/aromatic N) is 6. The Labute approximate surface area is 205 Å². The second-order valence-corrected chi connectivity index (χ2v) is 9.73. The highest BCUT2D eigenvalue weighted by Crippen LogP contribution is 2.26. The van der Waals surface area contributed by atoms with Crippen LogP contribution in [0, 0.1) is 13.8 Å². The van der Waals surface area contributed by atoms with E-state index >= 15 is 0 Å². The van der Waals surface area contributed by atoms with Gasteiger partial charge in [-0.25, -0.2) is 9.67 Å². The Balaban J connectivity index is 1.45. The fourth-order valence-electron chi connectivity index (χ4n) is 3.49. The number of rotatable bonds is 5. The highest BCUT2D eigenvalue weighted by Gasteiger charge is 2.25. The number of hydrogen-bond acceptors (Lipinski definition) is 7. The van der Waals surface area contributed by atoms with Gasteiger partial charge in [0.05, 0.1) is 28.0 Å². The summed E-state index contributed by atoms with van der Waals surface area (Å²) in [7, 11) is 2.04. The lowest BCUT2D eigenvalue weighted by molar-refractivity contribution is 0.0668. The van der Waals surface area contributed by atoms with Crippen LogP contribution in [0.1, 0.15) is 37.1 Å². The van der Waals surface area contributed by atoms with E-state index in [4.69, 9.17) is 23.2 Å². The number of piperazine rings is 1. The van der Waals surface area contributed by atoms with E-state index in [1.165, 1.54) is 11.3 Å². The van der Waals surface area contributed by atoms with Gasteiger partial charge < -0.3 is 9.80 Å². The van der Waals surface area contributed by atoms with Crippen molar-refractivity contribution in [3.05, 3.63) is 55.8 Å². The number of aromatic nitrogens is 4.